The van der Waals surface area contributed by atoms with Gasteiger partial charge in [-0.1, -0.05) is 18.2 Å². The van der Waals surface area contributed by atoms with Crippen LogP contribution in [0.4, 0.5) is 5.69 Å². The first-order valence-electron chi connectivity index (χ1n) is 8.04. The number of hydrogen-bond acceptors (Lipinski definition) is 3. The molecular weight excluding hydrogens is 276 g/mol. The molecule has 5 nitrogen and oxygen atoms in total. The van der Waals surface area contributed by atoms with E-state index in [-0.39, 0.29) is 0 Å². The van der Waals surface area contributed by atoms with Gasteiger partial charge in [-0.05, 0) is 32.4 Å². The normalized spacial score (nSPS) is 11.4. The number of benzene rings is 1. The van der Waals surface area contributed by atoms with Crippen molar-refractivity contribution in [2.24, 2.45) is 4.99 Å². The second-order valence-electron chi connectivity index (χ2n) is 5.05. The maximum absolute atomic E-state index is 5.03. The van der Waals surface area contributed by atoms with Crippen LogP contribution in [0.2, 0.25) is 0 Å². The van der Waals surface area contributed by atoms with Crippen LogP contribution >= 0.6 is 0 Å². The van der Waals surface area contributed by atoms with Gasteiger partial charge in [0.2, 0.25) is 0 Å². The first-order chi connectivity index (χ1) is 10.7. The van der Waals surface area contributed by atoms with Crippen molar-refractivity contribution in [2.45, 2.75) is 20.8 Å². The monoisotopic (exact) mass is 306 g/mol. The largest absolute Gasteiger partial charge is 0.383 e. The van der Waals surface area contributed by atoms with Crippen molar-refractivity contribution in [1.29, 1.82) is 0 Å². The zero-order valence-electron chi connectivity index (χ0n) is 14.4. The third-order valence-corrected chi connectivity index (χ3v) is 3.42. The number of rotatable bonds is 9. The van der Waals surface area contributed by atoms with Gasteiger partial charge in [0.1, 0.15) is 0 Å². The van der Waals surface area contributed by atoms with Crippen molar-refractivity contribution in [3.63, 3.8) is 0 Å². The highest BCUT2D eigenvalue weighted by molar-refractivity contribution is 5.79. The van der Waals surface area contributed by atoms with Crippen LogP contribution in [0.3, 0.4) is 0 Å². The minimum atomic E-state index is 0.640. The lowest BCUT2D eigenvalue weighted by atomic mass is 10.2. The zero-order chi connectivity index (χ0) is 16.2. The van der Waals surface area contributed by atoms with Crippen LogP contribution in [-0.4, -0.2) is 52.4 Å². The van der Waals surface area contributed by atoms with Gasteiger partial charge < -0.3 is 20.3 Å². The molecule has 0 heterocycles. The third kappa shape index (κ3) is 6.35. The van der Waals surface area contributed by atoms with Crippen LogP contribution in [0, 0.1) is 6.92 Å². The summed E-state index contributed by atoms with van der Waals surface area (Å²) in [6, 6.07) is 8.50. The van der Waals surface area contributed by atoms with Crippen LogP contribution in [0.25, 0.3) is 0 Å². The van der Waals surface area contributed by atoms with E-state index in [1.807, 2.05) is 0 Å². The van der Waals surface area contributed by atoms with Gasteiger partial charge in [-0.3, -0.25) is 4.99 Å². The lowest BCUT2D eigenvalue weighted by Crippen LogP contribution is -2.42. The molecule has 0 aliphatic heterocycles. The molecular formula is C17H30N4O. The number of nitrogens with one attached hydrogen (secondary N) is 2. The van der Waals surface area contributed by atoms with E-state index in [2.05, 4.69) is 65.6 Å². The highest BCUT2D eigenvalue weighted by Crippen LogP contribution is 2.18. The van der Waals surface area contributed by atoms with E-state index in [1.165, 1.54) is 11.3 Å². The number of ether oxygens (including phenoxy) is 1. The van der Waals surface area contributed by atoms with Crippen molar-refractivity contribution in [3.8, 4) is 0 Å². The maximum Gasteiger partial charge on any atom is 0.191 e. The molecule has 1 aromatic rings. The Morgan fingerprint density at radius 3 is 2.64 bits per heavy atom. The van der Waals surface area contributed by atoms with Crippen LogP contribution in [0.1, 0.15) is 19.4 Å². The molecule has 0 saturated heterocycles. The Morgan fingerprint density at radius 2 is 2.00 bits per heavy atom. The topological polar surface area (TPSA) is 48.9 Å². The summed E-state index contributed by atoms with van der Waals surface area (Å²) < 4.78 is 5.03. The van der Waals surface area contributed by atoms with Crippen molar-refractivity contribution in [1.82, 2.24) is 10.6 Å². The van der Waals surface area contributed by atoms with E-state index in [4.69, 9.17) is 4.74 Å². The average Bonchev–Trinajstić information content (AvgIpc) is 2.53. The summed E-state index contributed by atoms with van der Waals surface area (Å²) in [7, 11) is 1.69. The molecule has 0 aromatic heterocycles. The molecule has 0 spiro atoms. The molecule has 0 aliphatic rings. The van der Waals surface area contributed by atoms with Gasteiger partial charge in [-0.2, -0.15) is 0 Å². The summed E-state index contributed by atoms with van der Waals surface area (Å²) in [4.78, 5) is 6.84. The number of hydrogen-bond donors (Lipinski definition) is 2. The molecule has 0 bridgehead atoms. The minimum absolute atomic E-state index is 0.640. The molecule has 1 aromatic carbocycles. The Morgan fingerprint density at radius 1 is 1.23 bits per heavy atom. The van der Waals surface area contributed by atoms with Gasteiger partial charge in [0.05, 0.1) is 13.2 Å². The van der Waals surface area contributed by atoms with Crippen molar-refractivity contribution >= 4 is 11.6 Å². The molecule has 0 aliphatic carbocycles. The molecule has 1 rings (SSSR count). The van der Waals surface area contributed by atoms with E-state index in [0.717, 1.165) is 32.1 Å². The summed E-state index contributed by atoms with van der Waals surface area (Å²) in [5, 5.41) is 6.62. The van der Waals surface area contributed by atoms with Gasteiger partial charge in [0, 0.05) is 39.0 Å². The molecule has 0 saturated carbocycles. The van der Waals surface area contributed by atoms with Gasteiger partial charge >= 0.3 is 0 Å². The molecule has 5 heteroatoms. The van der Waals surface area contributed by atoms with E-state index in [0.29, 0.717) is 13.2 Å². The van der Waals surface area contributed by atoms with Crippen LogP contribution in [0.5, 0.6) is 0 Å². The fourth-order valence-electron chi connectivity index (χ4n) is 2.27. The summed E-state index contributed by atoms with van der Waals surface area (Å²) in [5.41, 5.74) is 2.61. The molecule has 0 unspecified atom stereocenters. The van der Waals surface area contributed by atoms with E-state index in [9.17, 15) is 0 Å². The molecule has 22 heavy (non-hydrogen) atoms. The first kappa shape index (κ1) is 18.3. The fourth-order valence-corrected chi connectivity index (χ4v) is 2.27. The Bertz CT molecular complexity index is 448. The number of aryl methyl sites for hydroxylation is 1. The Hall–Kier alpha value is -1.75. The van der Waals surface area contributed by atoms with Gasteiger partial charge in [-0.15, -0.1) is 0 Å². The number of aliphatic imine (C=N–C) groups is 1. The van der Waals surface area contributed by atoms with Crippen molar-refractivity contribution in [3.05, 3.63) is 29.8 Å². The summed E-state index contributed by atoms with van der Waals surface area (Å²) in [6.07, 6.45) is 0. The number of methoxy groups -OCH3 is 1. The molecule has 2 N–H and O–H groups in total. The van der Waals surface area contributed by atoms with Crippen LogP contribution < -0.4 is 15.5 Å². The second-order valence-corrected chi connectivity index (χ2v) is 5.05. The summed E-state index contributed by atoms with van der Waals surface area (Å²) >= 11 is 0. The number of para-hydroxylation sites is 1. The molecule has 0 atom stereocenters. The average molecular weight is 306 g/mol. The predicted octanol–water partition coefficient (Wildman–Crippen LogP) is 2.02. The third-order valence-electron chi connectivity index (χ3n) is 3.42. The Labute approximate surface area is 134 Å². The summed E-state index contributed by atoms with van der Waals surface area (Å²) in [6.45, 7) is 11.3. The van der Waals surface area contributed by atoms with Gasteiger partial charge in [0.25, 0.3) is 0 Å². The highest BCUT2D eigenvalue weighted by Gasteiger charge is 2.06. The highest BCUT2D eigenvalue weighted by atomic mass is 16.5. The standard InChI is InChI=1S/C17H30N4O/c1-5-18-17(20-12-14-22-4)19-11-13-21(6-2)16-10-8-7-9-15(16)3/h7-10H,5-6,11-14H2,1-4H3,(H2,18,19,20). The molecule has 0 fully saturated rings. The van der Waals surface area contributed by atoms with Crippen LogP contribution in [0.15, 0.2) is 29.3 Å². The van der Waals surface area contributed by atoms with Gasteiger partial charge in [-0.25, -0.2) is 0 Å². The number of guanidine groups is 1. The number of nitrogens with zero attached hydrogens (tertiary/aromatic N) is 2. The Balaban J connectivity index is 2.51. The van der Waals surface area contributed by atoms with Crippen LogP contribution in [-0.2, 0) is 4.74 Å². The molecule has 0 amide bonds. The second kappa shape index (κ2) is 10.9. The minimum Gasteiger partial charge on any atom is -0.383 e. The molecule has 0 radical (unpaired) electrons. The van der Waals surface area contributed by atoms with E-state index < -0.39 is 0 Å². The SMILES string of the molecule is CCNC(=NCCOC)NCCN(CC)c1ccccc1C. The quantitative estimate of drug-likeness (QED) is 0.416. The predicted molar refractivity (Wildman–Crippen MR) is 94.9 cm³/mol. The lowest BCUT2D eigenvalue weighted by molar-refractivity contribution is 0.208. The smallest absolute Gasteiger partial charge is 0.191 e. The number of anilines is 1. The zero-order valence-corrected chi connectivity index (χ0v) is 14.4. The number of likely N-dealkylation sites (N-methyl/N-ethyl adjacent to an activating group) is 1. The van der Waals surface area contributed by atoms with Crippen molar-refractivity contribution in [2.75, 3.05) is 51.3 Å². The first-order valence-corrected chi connectivity index (χ1v) is 8.04. The Kier molecular flexibility index (Phi) is 9.07. The fraction of sp³-hybridized carbons (Fsp3) is 0.588. The lowest BCUT2D eigenvalue weighted by Gasteiger charge is -2.25. The molecule has 124 valence electrons. The summed E-state index contributed by atoms with van der Waals surface area (Å²) in [5.74, 6) is 0.848. The van der Waals surface area contributed by atoms with Crippen molar-refractivity contribution < 1.29 is 4.74 Å². The van der Waals surface area contributed by atoms with E-state index in [1.54, 1.807) is 7.11 Å². The van der Waals surface area contributed by atoms with E-state index >= 15 is 0 Å². The van der Waals surface area contributed by atoms with Gasteiger partial charge in [0.15, 0.2) is 5.96 Å². The maximum atomic E-state index is 5.03.